The first-order valence-electron chi connectivity index (χ1n) is 8.52. The lowest BCUT2D eigenvalue weighted by atomic mass is 10.1. The Balaban J connectivity index is 2.05. The van der Waals surface area contributed by atoms with Crippen LogP contribution in [0.5, 0.6) is 0 Å². The summed E-state index contributed by atoms with van der Waals surface area (Å²) in [4.78, 5) is 28.2. The fourth-order valence-electron chi connectivity index (χ4n) is 3.22. The Morgan fingerprint density at radius 2 is 2.07 bits per heavy atom. The number of nitrogens with one attached hydrogen (secondary N) is 1. The van der Waals surface area contributed by atoms with E-state index >= 15 is 0 Å². The van der Waals surface area contributed by atoms with Crippen molar-refractivity contribution in [2.24, 2.45) is 0 Å². The number of hydrogen-bond acceptors (Lipinski definition) is 5. The second-order valence-electron chi connectivity index (χ2n) is 7.99. The quantitative estimate of drug-likeness (QED) is 0.583. The predicted octanol–water partition coefficient (Wildman–Crippen LogP) is 4.77. The molecule has 0 spiro atoms. The van der Waals surface area contributed by atoms with Crippen molar-refractivity contribution in [3.8, 4) is 0 Å². The molecule has 146 valence electrons. The third-order valence-corrected chi connectivity index (χ3v) is 4.54. The van der Waals surface area contributed by atoms with Gasteiger partial charge in [0, 0.05) is 22.2 Å². The van der Waals surface area contributed by atoms with Crippen LogP contribution >= 0.6 is 11.6 Å². The van der Waals surface area contributed by atoms with Crippen LogP contribution < -0.4 is 0 Å². The molecule has 3 rings (SSSR count). The molecule has 1 aliphatic rings. The number of halogens is 1. The molecule has 8 nitrogen and oxygen atoms in total. The molecule has 1 aliphatic heterocycles. The maximum Gasteiger partial charge on any atom is 0.413 e. The number of amides is 1. The van der Waals surface area contributed by atoms with Crippen LogP contribution in [0.2, 0.25) is 5.02 Å². The van der Waals surface area contributed by atoms with Gasteiger partial charge in [-0.15, -0.1) is 0 Å². The second-order valence-corrected chi connectivity index (χ2v) is 8.43. The van der Waals surface area contributed by atoms with Crippen LogP contribution in [0.25, 0.3) is 10.9 Å². The van der Waals surface area contributed by atoms with Gasteiger partial charge >= 0.3 is 6.09 Å². The number of hydrogen-bond donors (Lipinski definition) is 1. The highest BCUT2D eigenvalue weighted by atomic mass is 35.5. The van der Waals surface area contributed by atoms with E-state index in [9.17, 15) is 14.9 Å². The van der Waals surface area contributed by atoms with Crippen molar-refractivity contribution in [2.75, 3.05) is 6.61 Å². The number of nitrogens with zero attached hydrogens (tertiary/aromatic N) is 2. The summed E-state index contributed by atoms with van der Waals surface area (Å²) in [5, 5.41) is 12.2. The monoisotopic (exact) mass is 395 g/mol. The maximum atomic E-state index is 12.8. The largest absolute Gasteiger partial charge is 0.444 e. The number of benzene rings is 1. The fourth-order valence-corrected chi connectivity index (χ4v) is 3.44. The molecule has 1 aromatic carbocycles. The Bertz CT molecular complexity index is 916. The van der Waals surface area contributed by atoms with E-state index in [1.807, 2.05) is 0 Å². The predicted molar refractivity (Wildman–Crippen MR) is 101 cm³/mol. The molecule has 9 heteroatoms. The molecule has 1 atom stereocenters. The standard InChI is InChI=1S/C18H22ClN3O5/c1-17(2,3)27-16(23)21-14(9-26-18(21,4)5)12-7-10-6-11(19)8-13(22(24)25)15(10)20-12/h6-8,14,20H,9H2,1-5H3/t14-/m1/s1. The molecule has 0 aliphatic carbocycles. The number of nitro groups is 1. The van der Waals surface area contributed by atoms with Crippen molar-refractivity contribution in [1.29, 1.82) is 0 Å². The third kappa shape index (κ3) is 3.72. The first-order chi connectivity index (χ1) is 12.4. The van der Waals surface area contributed by atoms with Crippen LogP contribution in [0.3, 0.4) is 0 Å². The minimum atomic E-state index is -0.881. The summed E-state index contributed by atoms with van der Waals surface area (Å²) in [5.74, 6) is 0. The molecule has 27 heavy (non-hydrogen) atoms. The topological polar surface area (TPSA) is 97.7 Å². The molecule has 1 saturated heterocycles. The Kier molecular flexibility index (Phi) is 4.60. The van der Waals surface area contributed by atoms with Crippen LogP contribution in [0.4, 0.5) is 10.5 Å². The lowest BCUT2D eigenvalue weighted by Crippen LogP contribution is -2.47. The number of fused-ring (bicyclic) bond motifs is 1. The van der Waals surface area contributed by atoms with Gasteiger partial charge in [-0.05, 0) is 46.8 Å². The third-order valence-electron chi connectivity index (χ3n) is 4.33. The van der Waals surface area contributed by atoms with Crippen LogP contribution in [-0.4, -0.2) is 38.8 Å². The van der Waals surface area contributed by atoms with Crippen molar-refractivity contribution in [2.45, 2.75) is 52.0 Å². The Hall–Kier alpha value is -2.32. The Labute approximate surface area is 161 Å². The lowest BCUT2D eigenvalue weighted by molar-refractivity contribution is -0.383. The summed E-state index contributed by atoms with van der Waals surface area (Å²) in [6, 6.07) is 4.22. The second kappa shape index (κ2) is 6.38. The zero-order valence-corrected chi connectivity index (χ0v) is 16.6. The average Bonchev–Trinajstić information content (AvgIpc) is 3.04. The number of nitro benzene ring substituents is 1. The van der Waals surface area contributed by atoms with E-state index in [-0.39, 0.29) is 17.3 Å². The summed E-state index contributed by atoms with van der Waals surface area (Å²) in [6.07, 6.45) is -0.513. The van der Waals surface area contributed by atoms with Gasteiger partial charge in [-0.25, -0.2) is 4.79 Å². The summed E-state index contributed by atoms with van der Waals surface area (Å²) >= 11 is 6.01. The number of ether oxygens (including phenoxy) is 2. The zero-order valence-electron chi connectivity index (χ0n) is 15.8. The number of carbonyl (C=O) groups excluding carboxylic acids is 1. The van der Waals surface area contributed by atoms with Gasteiger partial charge in [0.2, 0.25) is 0 Å². The van der Waals surface area contributed by atoms with Crippen molar-refractivity contribution < 1.29 is 19.2 Å². The molecule has 2 aromatic rings. The maximum absolute atomic E-state index is 12.8. The molecule has 1 aromatic heterocycles. The molecule has 1 N–H and O–H groups in total. The molecule has 0 saturated carbocycles. The van der Waals surface area contributed by atoms with Gasteiger partial charge in [0.05, 0.1) is 11.5 Å². The van der Waals surface area contributed by atoms with Crippen molar-refractivity contribution in [1.82, 2.24) is 9.88 Å². The number of carbonyl (C=O) groups is 1. The molecule has 0 unspecified atom stereocenters. The van der Waals surface area contributed by atoms with Crippen molar-refractivity contribution in [3.63, 3.8) is 0 Å². The summed E-state index contributed by atoms with van der Waals surface area (Å²) < 4.78 is 11.3. The van der Waals surface area contributed by atoms with E-state index < -0.39 is 28.4 Å². The molecular weight excluding hydrogens is 374 g/mol. The van der Waals surface area contributed by atoms with Crippen LogP contribution in [-0.2, 0) is 9.47 Å². The summed E-state index contributed by atoms with van der Waals surface area (Å²) in [7, 11) is 0. The van der Waals surface area contributed by atoms with E-state index in [0.717, 1.165) is 0 Å². The van der Waals surface area contributed by atoms with Gasteiger partial charge in [-0.3, -0.25) is 15.0 Å². The van der Waals surface area contributed by atoms with Gasteiger partial charge < -0.3 is 14.5 Å². The van der Waals surface area contributed by atoms with Crippen LogP contribution in [0.15, 0.2) is 18.2 Å². The SMILES string of the molecule is CC(C)(C)OC(=O)N1[C@@H](c2cc3cc(Cl)cc([N+](=O)[O-])c3[nH]2)COC1(C)C. The Morgan fingerprint density at radius 3 is 2.67 bits per heavy atom. The van der Waals surface area contributed by atoms with E-state index in [1.54, 1.807) is 46.8 Å². The van der Waals surface area contributed by atoms with Gasteiger partial charge in [-0.1, -0.05) is 11.6 Å². The van der Waals surface area contributed by atoms with Gasteiger partial charge in [0.1, 0.15) is 22.9 Å². The highest BCUT2D eigenvalue weighted by molar-refractivity contribution is 6.31. The van der Waals surface area contributed by atoms with Crippen LogP contribution in [0.1, 0.15) is 46.4 Å². The lowest BCUT2D eigenvalue weighted by Gasteiger charge is -2.34. The number of non-ortho nitro benzene ring substituents is 1. The van der Waals surface area contributed by atoms with Gasteiger partial charge in [-0.2, -0.15) is 0 Å². The summed E-state index contributed by atoms with van der Waals surface area (Å²) in [6.45, 7) is 9.16. The molecule has 1 fully saturated rings. The normalized spacial score (nSPS) is 19.5. The first kappa shape index (κ1) is 19.4. The number of aromatic amines is 1. The first-order valence-corrected chi connectivity index (χ1v) is 8.90. The zero-order chi connectivity index (χ0) is 20.1. The average molecular weight is 396 g/mol. The highest BCUT2D eigenvalue weighted by Crippen LogP contribution is 2.40. The van der Waals surface area contributed by atoms with E-state index in [2.05, 4.69) is 4.98 Å². The van der Waals surface area contributed by atoms with Gasteiger partial charge in [0.15, 0.2) is 0 Å². The van der Waals surface area contributed by atoms with Crippen molar-refractivity contribution >= 4 is 34.3 Å². The highest BCUT2D eigenvalue weighted by Gasteiger charge is 2.47. The molecular formula is C18H22ClN3O5. The minimum Gasteiger partial charge on any atom is -0.444 e. The Morgan fingerprint density at radius 1 is 1.41 bits per heavy atom. The molecule has 0 bridgehead atoms. The van der Waals surface area contributed by atoms with Gasteiger partial charge in [0.25, 0.3) is 5.69 Å². The molecule has 0 radical (unpaired) electrons. The van der Waals surface area contributed by atoms with Crippen LogP contribution in [0, 0.1) is 10.1 Å². The molecule has 2 heterocycles. The number of aromatic nitrogens is 1. The number of H-pyrrole nitrogens is 1. The van der Waals surface area contributed by atoms with E-state index in [0.29, 0.717) is 16.6 Å². The smallest absolute Gasteiger partial charge is 0.413 e. The molecule has 1 amide bonds. The van der Waals surface area contributed by atoms with E-state index in [4.69, 9.17) is 21.1 Å². The number of rotatable bonds is 2. The minimum absolute atomic E-state index is 0.120. The fraction of sp³-hybridized carbons (Fsp3) is 0.500. The van der Waals surface area contributed by atoms with Crippen molar-refractivity contribution in [3.05, 3.63) is 39.0 Å². The van der Waals surface area contributed by atoms with E-state index in [1.165, 1.54) is 11.0 Å². The summed E-state index contributed by atoms with van der Waals surface area (Å²) in [5.41, 5.74) is -0.688.